The highest BCUT2D eigenvalue weighted by Gasteiger charge is 2.22. The number of sulfonamides is 1. The first-order valence-corrected chi connectivity index (χ1v) is 11.3. The summed E-state index contributed by atoms with van der Waals surface area (Å²) in [6.45, 7) is 9.15. The molecule has 3 rings (SSSR count). The zero-order valence-electron chi connectivity index (χ0n) is 17.1. The monoisotopic (exact) mass is 416 g/mol. The number of carbonyl (C=O) groups excluding carboxylic acids is 1. The lowest BCUT2D eigenvalue weighted by Gasteiger charge is -2.31. The number of benzene rings is 2. The first-order valence-electron chi connectivity index (χ1n) is 9.80. The van der Waals surface area contributed by atoms with Crippen molar-refractivity contribution >= 4 is 27.3 Å². The minimum atomic E-state index is -3.81. The molecule has 7 nitrogen and oxygen atoms in total. The molecule has 29 heavy (non-hydrogen) atoms. The van der Waals surface area contributed by atoms with E-state index in [1.54, 1.807) is 31.2 Å². The summed E-state index contributed by atoms with van der Waals surface area (Å²) in [5, 5.41) is 6.05. The first-order chi connectivity index (χ1) is 13.8. The molecular weight excluding hydrogens is 388 g/mol. The highest BCUT2D eigenvalue weighted by molar-refractivity contribution is 7.92. The van der Waals surface area contributed by atoms with Gasteiger partial charge in [-0.05, 0) is 56.2 Å². The lowest BCUT2D eigenvalue weighted by atomic mass is 10.1. The fraction of sp³-hybridized carbons (Fsp3) is 0.381. The van der Waals surface area contributed by atoms with Crippen molar-refractivity contribution in [2.45, 2.75) is 25.7 Å². The molecule has 156 valence electrons. The number of aryl methyl sites for hydroxylation is 2. The number of carbonyl (C=O) groups is 1. The van der Waals surface area contributed by atoms with Crippen LogP contribution in [0.1, 0.15) is 28.4 Å². The Kier molecular flexibility index (Phi) is 6.44. The van der Waals surface area contributed by atoms with Gasteiger partial charge in [-0.3, -0.25) is 9.52 Å². The van der Waals surface area contributed by atoms with Crippen LogP contribution in [0.25, 0.3) is 0 Å². The molecular formula is C21H28N4O3S. The van der Waals surface area contributed by atoms with E-state index in [1.165, 1.54) is 0 Å². The second-order valence-electron chi connectivity index (χ2n) is 7.20. The summed E-state index contributed by atoms with van der Waals surface area (Å²) < 4.78 is 29.1. The highest BCUT2D eigenvalue weighted by Crippen LogP contribution is 2.30. The second-order valence-corrected chi connectivity index (χ2v) is 8.85. The second kappa shape index (κ2) is 8.84. The van der Waals surface area contributed by atoms with Crippen LogP contribution >= 0.6 is 0 Å². The number of hydrogen-bond acceptors (Lipinski definition) is 5. The van der Waals surface area contributed by atoms with Gasteiger partial charge < -0.3 is 15.5 Å². The summed E-state index contributed by atoms with van der Waals surface area (Å²) in [5.41, 5.74) is 3.15. The quantitative estimate of drug-likeness (QED) is 0.672. The molecule has 0 aromatic heterocycles. The molecule has 1 aliphatic heterocycles. The number of piperazine rings is 1. The van der Waals surface area contributed by atoms with E-state index in [9.17, 15) is 13.2 Å². The minimum Gasteiger partial charge on any atom is -0.367 e. The summed E-state index contributed by atoms with van der Waals surface area (Å²) in [5.74, 6) is -0.230. The molecule has 0 bridgehead atoms. The van der Waals surface area contributed by atoms with Gasteiger partial charge in [0.05, 0.1) is 16.3 Å². The third kappa shape index (κ3) is 4.89. The van der Waals surface area contributed by atoms with Gasteiger partial charge in [0.25, 0.3) is 15.9 Å². The van der Waals surface area contributed by atoms with E-state index in [4.69, 9.17) is 0 Å². The zero-order valence-corrected chi connectivity index (χ0v) is 17.9. The van der Waals surface area contributed by atoms with Crippen LogP contribution in [-0.2, 0) is 10.0 Å². The summed E-state index contributed by atoms with van der Waals surface area (Å²) in [6, 6.07) is 10.5. The highest BCUT2D eigenvalue weighted by atomic mass is 32.2. The molecule has 1 fully saturated rings. The number of hydrogen-bond donors (Lipinski definition) is 3. The van der Waals surface area contributed by atoms with Crippen LogP contribution in [0.5, 0.6) is 0 Å². The van der Waals surface area contributed by atoms with Gasteiger partial charge >= 0.3 is 0 Å². The Morgan fingerprint density at radius 3 is 2.52 bits per heavy atom. The topological polar surface area (TPSA) is 90.5 Å². The van der Waals surface area contributed by atoms with Gasteiger partial charge in [0.2, 0.25) is 0 Å². The van der Waals surface area contributed by atoms with Crippen LogP contribution in [-0.4, -0.2) is 47.0 Å². The van der Waals surface area contributed by atoms with Crippen LogP contribution < -0.4 is 20.3 Å². The van der Waals surface area contributed by atoms with Crippen molar-refractivity contribution in [2.75, 3.05) is 42.3 Å². The van der Waals surface area contributed by atoms with Gasteiger partial charge in [0.15, 0.2) is 0 Å². The third-order valence-electron chi connectivity index (χ3n) is 4.93. The standard InChI is InChI=1S/C21H28N4O3S/c1-4-23-21(26)17-7-8-19(25-11-9-22-10-12-25)18(14-17)24-29(27,28)20-13-15(2)5-6-16(20)3/h5-8,13-14,22,24H,4,9-12H2,1-3H3,(H,23,26). The molecule has 0 atom stereocenters. The van der Waals surface area contributed by atoms with Crippen LogP contribution in [0.2, 0.25) is 0 Å². The average molecular weight is 417 g/mol. The lowest BCUT2D eigenvalue weighted by molar-refractivity contribution is 0.0956. The molecule has 0 saturated carbocycles. The van der Waals surface area contributed by atoms with Gasteiger partial charge in [-0.15, -0.1) is 0 Å². The van der Waals surface area contributed by atoms with E-state index >= 15 is 0 Å². The predicted octanol–water partition coefficient (Wildman–Crippen LogP) is 2.26. The molecule has 2 aromatic rings. The van der Waals surface area contributed by atoms with Gasteiger partial charge in [0.1, 0.15) is 0 Å². The van der Waals surface area contributed by atoms with Crippen LogP contribution in [0.15, 0.2) is 41.3 Å². The van der Waals surface area contributed by atoms with Crippen molar-refractivity contribution in [2.24, 2.45) is 0 Å². The van der Waals surface area contributed by atoms with Gasteiger partial charge in [-0.1, -0.05) is 12.1 Å². The van der Waals surface area contributed by atoms with Gasteiger partial charge in [-0.2, -0.15) is 0 Å². The Hall–Kier alpha value is -2.58. The van der Waals surface area contributed by atoms with Crippen molar-refractivity contribution in [3.8, 4) is 0 Å². The van der Waals surface area contributed by atoms with E-state index in [-0.39, 0.29) is 10.8 Å². The Balaban J connectivity index is 2.03. The molecule has 0 spiro atoms. The van der Waals surface area contributed by atoms with Crippen LogP contribution in [0, 0.1) is 13.8 Å². The summed E-state index contributed by atoms with van der Waals surface area (Å²) >= 11 is 0. The van der Waals surface area contributed by atoms with Crippen LogP contribution in [0.4, 0.5) is 11.4 Å². The average Bonchev–Trinajstić information content (AvgIpc) is 2.70. The molecule has 1 heterocycles. The van der Waals surface area contributed by atoms with Gasteiger partial charge in [-0.25, -0.2) is 8.42 Å². The van der Waals surface area contributed by atoms with Gasteiger partial charge in [0, 0.05) is 38.3 Å². The maximum atomic E-state index is 13.2. The van der Waals surface area contributed by atoms with E-state index < -0.39 is 10.0 Å². The fourth-order valence-electron chi connectivity index (χ4n) is 3.40. The maximum Gasteiger partial charge on any atom is 0.262 e. The Labute approximate surface area is 172 Å². The Bertz CT molecular complexity index is 999. The number of nitrogens with zero attached hydrogens (tertiary/aromatic N) is 1. The maximum absolute atomic E-state index is 13.2. The number of nitrogens with one attached hydrogen (secondary N) is 3. The van der Waals surface area contributed by atoms with Crippen molar-refractivity contribution in [3.63, 3.8) is 0 Å². The minimum absolute atomic E-state index is 0.230. The van der Waals surface area contributed by atoms with E-state index in [0.29, 0.717) is 23.4 Å². The largest absolute Gasteiger partial charge is 0.367 e. The third-order valence-corrected chi connectivity index (χ3v) is 6.44. The van der Waals surface area contributed by atoms with E-state index in [0.717, 1.165) is 37.4 Å². The Morgan fingerprint density at radius 1 is 1.10 bits per heavy atom. The molecule has 8 heteroatoms. The first kappa shape index (κ1) is 21.1. The lowest BCUT2D eigenvalue weighted by Crippen LogP contribution is -2.43. The normalized spacial score (nSPS) is 14.5. The molecule has 1 aliphatic rings. The summed E-state index contributed by atoms with van der Waals surface area (Å²) in [4.78, 5) is 14.7. The van der Waals surface area contributed by atoms with Crippen molar-refractivity contribution in [1.82, 2.24) is 10.6 Å². The van der Waals surface area contributed by atoms with Crippen molar-refractivity contribution in [1.29, 1.82) is 0 Å². The van der Waals surface area contributed by atoms with Crippen molar-refractivity contribution < 1.29 is 13.2 Å². The fourth-order valence-corrected chi connectivity index (χ4v) is 4.80. The molecule has 0 aliphatic carbocycles. The predicted molar refractivity (Wildman–Crippen MR) is 116 cm³/mol. The van der Waals surface area contributed by atoms with E-state index in [1.807, 2.05) is 26.0 Å². The Morgan fingerprint density at radius 2 is 1.83 bits per heavy atom. The van der Waals surface area contributed by atoms with Crippen LogP contribution in [0.3, 0.4) is 0 Å². The molecule has 1 amide bonds. The SMILES string of the molecule is CCNC(=O)c1ccc(N2CCNCC2)c(NS(=O)(=O)c2cc(C)ccc2C)c1. The smallest absolute Gasteiger partial charge is 0.262 e. The number of anilines is 2. The summed E-state index contributed by atoms with van der Waals surface area (Å²) in [6.07, 6.45) is 0. The van der Waals surface area contributed by atoms with E-state index in [2.05, 4.69) is 20.3 Å². The molecule has 3 N–H and O–H groups in total. The number of rotatable bonds is 6. The molecule has 0 radical (unpaired) electrons. The zero-order chi connectivity index (χ0) is 21.0. The number of amides is 1. The van der Waals surface area contributed by atoms with Crippen molar-refractivity contribution in [3.05, 3.63) is 53.1 Å². The molecule has 1 saturated heterocycles. The molecule has 2 aromatic carbocycles. The molecule has 0 unspecified atom stereocenters. The summed E-state index contributed by atoms with van der Waals surface area (Å²) in [7, 11) is -3.81.